The van der Waals surface area contributed by atoms with Crippen LogP contribution in [0.15, 0.2) is 18.2 Å². The first-order chi connectivity index (χ1) is 9.01. The van der Waals surface area contributed by atoms with Gasteiger partial charge < -0.3 is 15.5 Å². The van der Waals surface area contributed by atoms with E-state index < -0.39 is 0 Å². The Bertz CT molecular complexity index is 519. The molecule has 1 fully saturated rings. The van der Waals surface area contributed by atoms with Crippen LogP contribution < -0.4 is 5.73 Å². The lowest BCUT2D eigenvalue weighted by atomic mass is 10.1. The van der Waals surface area contributed by atoms with Gasteiger partial charge in [0.25, 0.3) is 0 Å². The van der Waals surface area contributed by atoms with Gasteiger partial charge in [-0.25, -0.2) is 0 Å². The van der Waals surface area contributed by atoms with Crippen LogP contribution in [0.3, 0.4) is 0 Å². The van der Waals surface area contributed by atoms with Crippen LogP contribution in [-0.2, 0) is 16.1 Å². The second-order valence-electron chi connectivity index (χ2n) is 4.50. The lowest BCUT2D eigenvalue weighted by Crippen LogP contribution is -2.53. The van der Waals surface area contributed by atoms with Crippen LogP contribution in [0.2, 0.25) is 5.02 Å². The third kappa shape index (κ3) is 2.98. The molecule has 0 bridgehead atoms. The zero-order valence-electron chi connectivity index (χ0n) is 10.7. The molecule has 6 heteroatoms. The zero-order chi connectivity index (χ0) is 14.0. The molecular formula is C13H16ClN3O2. The fraction of sp³-hybridized carbons (Fsp3) is 0.385. The molecule has 0 aromatic heterocycles. The number of benzene rings is 1. The van der Waals surface area contributed by atoms with Gasteiger partial charge in [-0.3, -0.25) is 9.59 Å². The van der Waals surface area contributed by atoms with Gasteiger partial charge in [0, 0.05) is 23.8 Å². The predicted octanol–water partition coefficient (Wildman–Crippen LogP) is 1.11. The van der Waals surface area contributed by atoms with Crippen molar-refractivity contribution in [2.45, 2.75) is 13.5 Å². The van der Waals surface area contributed by atoms with Crippen LogP contribution in [0.4, 0.5) is 5.69 Å². The maximum Gasteiger partial charge on any atom is 0.242 e. The van der Waals surface area contributed by atoms with Crippen molar-refractivity contribution in [3.8, 4) is 0 Å². The van der Waals surface area contributed by atoms with E-state index in [0.29, 0.717) is 23.8 Å². The molecule has 1 aliphatic heterocycles. The van der Waals surface area contributed by atoms with Crippen molar-refractivity contribution in [3.63, 3.8) is 0 Å². The van der Waals surface area contributed by atoms with Gasteiger partial charge in [0.2, 0.25) is 11.8 Å². The SMILES string of the molecule is CCN1CC(=O)N(Cc2cc(Cl)ccc2N)CC1=O. The van der Waals surface area contributed by atoms with Crippen molar-refractivity contribution < 1.29 is 9.59 Å². The summed E-state index contributed by atoms with van der Waals surface area (Å²) in [5.74, 6) is -0.108. The van der Waals surface area contributed by atoms with E-state index in [1.165, 1.54) is 4.90 Å². The van der Waals surface area contributed by atoms with Crippen LogP contribution in [0, 0.1) is 0 Å². The number of nitrogens with zero attached hydrogens (tertiary/aromatic N) is 2. The number of piperazine rings is 1. The minimum Gasteiger partial charge on any atom is -0.398 e. The number of halogens is 1. The molecule has 0 aliphatic carbocycles. The van der Waals surface area contributed by atoms with E-state index in [2.05, 4.69) is 0 Å². The Hall–Kier alpha value is -1.75. The van der Waals surface area contributed by atoms with E-state index in [-0.39, 0.29) is 24.9 Å². The number of amides is 2. The number of rotatable bonds is 3. The van der Waals surface area contributed by atoms with Gasteiger partial charge in [-0.2, -0.15) is 0 Å². The van der Waals surface area contributed by atoms with Crippen molar-refractivity contribution in [3.05, 3.63) is 28.8 Å². The standard InChI is InChI=1S/C13H16ClN3O2/c1-2-16-7-13(19)17(8-12(16)18)6-9-5-10(14)3-4-11(9)15/h3-5H,2,6-8,15H2,1H3. The fourth-order valence-electron chi connectivity index (χ4n) is 2.05. The highest BCUT2D eigenvalue weighted by molar-refractivity contribution is 6.30. The first-order valence-corrected chi connectivity index (χ1v) is 6.48. The fourth-order valence-corrected chi connectivity index (χ4v) is 2.25. The average molecular weight is 282 g/mol. The highest BCUT2D eigenvalue weighted by Gasteiger charge is 2.28. The molecule has 0 unspecified atom stereocenters. The van der Waals surface area contributed by atoms with E-state index in [1.54, 1.807) is 23.1 Å². The maximum absolute atomic E-state index is 12.0. The number of nitrogens with two attached hydrogens (primary N) is 1. The largest absolute Gasteiger partial charge is 0.398 e. The summed E-state index contributed by atoms with van der Waals surface area (Å²) in [6, 6.07) is 5.12. The Morgan fingerprint density at radius 3 is 2.53 bits per heavy atom. The van der Waals surface area contributed by atoms with Crippen LogP contribution in [-0.4, -0.2) is 41.2 Å². The number of anilines is 1. The number of hydrogen-bond donors (Lipinski definition) is 1. The van der Waals surface area contributed by atoms with Crippen molar-refractivity contribution in [1.82, 2.24) is 9.80 Å². The lowest BCUT2D eigenvalue weighted by molar-refractivity contribution is -0.150. The molecule has 0 atom stereocenters. The van der Waals surface area contributed by atoms with Crippen molar-refractivity contribution in [1.29, 1.82) is 0 Å². The van der Waals surface area contributed by atoms with E-state index in [9.17, 15) is 9.59 Å². The van der Waals surface area contributed by atoms with Gasteiger partial charge in [0.1, 0.15) is 6.54 Å². The summed E-state index contributed by atoms with van der Waals surface area (Å²) in [5.41, 5.74) is 7.18. The Labute approximate surface area is 116 Å². The molecule has 2 N–H and O–H groups in total. The van der Waals surface area contributed by atoms with Gasteiger partial charge in [0.15, 0.2) is 0 Å². The third-order valence-electron chi connectivity index (χ3n) is 3.21. The topological polar surface area (TPSA) is 66.6 Å². The summed E-state index contributed by atoms with van der Waals surface area (Å²) < 4.78 is 0. The summed E-state index contributed by atoms with van der Waals surface area (Å²) in [7, 11) is 0. The molecule has 1 saturated heterocycles. The van der Waals surface area contributed by atoms with E-state index >= 15 is 0 Å². The predicted molar refractivity (Wildman–Crippen MR) is 73.5 cm³/mol. The van der Waals surface area contributed by atoms with Gasteiger partial charge in [-0.05, 0) is 30.7 Å². The minimum atomic E-state index is -0.0687. The normalized spacial score (nSPS) is 16.1. The van der Waals surface area contributed by atoms with Crippen LogP contribution >= 0.6 is 11.6 Å². The first kappa shape index (κ1) is 13.7. The van der Waals surface area contributed by atoms with Crippen LogP contribution in [0.25, 0.3) is 0 Å². The maximum atomic E-state index is 12.0. The van der Waals surface area contributed by atoms with Gasteiger partial charge in [-0.1, -0.05) is 11.6 Å². The summed E-state index contributed by atoms with van der Waals surface area (Å²) in [5, 5.41) is 0.565. The molecule has 0 saturated carbocycles. The number of carbonyl (C=O) groups excluding carboxylic acids is 2. The first-order valence-electron chi connectivity index (χ1n) is 6.10. The quantitative estimate of drug-likeness (QED) is 0.844. The summed E-state index contributed by atoms with van der Waals surface area (Å²) >= 11 is 5.91. The monoisotopic (exact) mass is 281 g/mol. The second-order valence-corrected chi connectivity index (χ2v) is 4.94. The molecule has 1 heterocycles. The lowest BCUT2D eigenvalue weighted by Gasteiger charge is -2.33. The Morgan fingerprint density at radius 1 is 1.21 bits per heavy atom. The molecule has 5 nitrogen and oxygen atoms in total. The average Bonchev–Trinajstić information content (AvgIpc) is 2.37. The Morgan fingerprint density at radius 2 is 1.84 bits per heavy atom. The number of hydrogen-bond acceptors (Lipinski definition) is 3. The van der Waals surface area contributed by atoms with Gasteiger partial charge in [-0.15, -0.1) is 0 Å². The molecular weight excluding hydrogens is 266 g/mol. The van der Waals surface area contributed by atoms with E-state index in [1.807, 2.05) is 6.92 Å². The minimum absolute atomic E-state index is 0.0392. The molecule has 0 radical (unpaired) electrons. The third-order valence-corrected chi connectivity index (χ3v) is 3.44. The summed E-state index contributed by atoms with van der Waals surface area (Å²) in [6.07, 6.45) is 0. The summed E-state index contributed by atoms with van der Waals surface area (Å²) in [4.78, 5) is 26.8. The van der Waals surface area contributed by atoms with Gasteiger partial charge in [0.05, 0.1) is 6.54 Å². The van der Waals surface area contributed by atoms with Gasteiger partial charge >= 0.3 is 0 Å². The molecule has 2 amide bonds. The molecule has 2 rings (SSSR count). The molecule has 1 aromatic carbocycles. The second kappa shape index (κ2) is 5.48. The molecule has 1 aromatic rings. The molecule has 19 heavy (non-hydrogen) atoms. The van der Waals surface area contributed by atoms with Crippen molar-refractivity contribution in [2.75, 3.05) is 25.4 Å². The Balaban J connectivity index is 2.13. The number of nitrogen functional groups attached to an aromatic ring is 1. The smallest absolute Gasteiger partial charge is 0.242 e. The van der Waals surface area contributed by atoms with Crippen LogP contribution in [0.1, 0.15) is 12.5 Å². The van der Waals surface area contributed by atoms with Crippen molar-refractivity contribution in [2.24, 2.45) is 0 Å². The zero-order valence-corrected chi connectivity index (χ0v) is 11.5. The molecule has 102 valence electrons. The van der Waals surface area contributed by atoms with E-state index in [0.717, 1.165) is 5.56 Å². The Kier molecular flexibility index (Phi) is 3.95. The molecule has 0 spiro atoms. The molecule has 1 aliphatic rings. The van der Waals surface area contributed by atoms with Crippen molar-refractivity contribution >= 4 is 29.1 Å². The number of likely N-dealkylation sites (N-methyl/N-ethyl adjacent to an activating group) is 1. The highest BCUT2D eigenvalue weighted by Crippen LogP contribution is 2.20. The summed E-state index contributed by atoms with van der Waals surface area (Å²) in [6.45, 7) is 2.95. The van der Waals surface area contributed by atoms with E-state index in [4.69, 9.17) is 17.3 Å². The van der Waals surface area contributed by atoms with Crippen LogP contribution in [0.5, 0.6) is 0 Å². The highest BCUT2D eigenvalue weighted by atomic mass is 35.5. The number of carbonyl (C=O) groups is 2.